The van der Waals surface area contributed by atoms with Gasteiger partial charge in [-0.05, 0) is 34.7 Å². The minimum atomic E-state index is -0.336. The van der Waals surface area contributed by atoms with Crippen molar-refractivity contribution in [2.24, 2.45) is 0 Å². The van der Waals surface area contributed by atoms with Gasteiger partial charge < -0.3 is 9.72 Å². The Kier molecular flexibility index (Phi) is 3.00. The topological polar surface area (TPSA) is 55.0 Å². The molecule has 2 aromatic rings. The molecule has 1 aromatic carbocycles. The SMILES string of the molecule is O=c1[nH]ccnc1Oc1ccccc1I. The van der Waals surface area contributed by atoms with E-state index in [1.54, 1.807) is 6.07 Å². The lowest BCUT2D eigenvalue weighted by Gasteiger charge is -2.04. The van der Waals surface area contributed by atoms with Gasteiger partial charge in [0.15, 0.2) is 0 Å². The van der Waals surface area contributed by atoms with Crippen LogP contribution < -0.4 is 10.3 Å². The molecule has 1 N–H and O–H groups in total. The van der Waals surface area contributed by atoms with Crippen molar-refractivity contribution in [1.29, 1.82) is 0 Å². The van der Waals surface area contributed by atoms with Gasteiger partial charge in [-0.3, -0.25) is 4.79 Å². The van der Waals surface area contributed by atoms with E-state index in [1.165, 1.54) is 12.4 Å². The van der Waals surface area contributed by atoms with Gasteiger partial charge in [-0.15, -0.1) is 0 Å². The average molecular weight is 314 g/mol. The van der Waals surface area contributed by atoms with E-state index in [2.05, 4.69) is 32.6 Å². The molecular weight excluding hydrogens is 307 g/mol. The van der Waals surface area contributed by atoms with E-state index in [4.69, 9.17) is 4.74 Å². The molecule has 0 bridgehead atoms. The molecule has 0 atom stereocenters. The number of hydrogen-bond donors (Lipinski definition) is 1. The van der Waals surface area contributed by atoms with Crippen LogP contribution in [0.3, 0.4) is 0 Å². The molecule has 1 aromatic heterocycles. The van der Waals surface area contributed by atoms with Gasteiger partial charge in [0.05, 0.1) is 3.57 Å². The van der Waals surface area contributed by atoms with Crippen molar-refractivity contribution in [2.45, 2.75) is 0 Å². The molecule has 0 aliphatic carbocycles. The quantitative estimate of drug-likeness (QED) is 0.864. The van der Waals surface area contributed by atoms with Gasteiger partial charge in [0.25, 0.3) is 5.88 Å². The molecule has 76 valence electrons. The number of rotatable bonds is 2. The second kappa shape index (κ2) is 4.43. The Morgan fingerprint density at radius 1 is 1.33 bits per heavy atom. The van der Waals surface area contributed by atoms with Crippen LogP contribution in [0.5, 0.6) is 11.6 Å². The Bertz CT molecular complexity index is 525. The first-order valence-electron chi connectivity index (χ1n) is 4.23. The number of ether oxygens (including phenoxy) is 1. The summed E-state index contributed by atoms with van der Waals surface area (Å²) in [6.45, 7) is 0. The fourth-order valence-corrected chi connectivity index (χ4v) is 1.54. The van der Waals surface area contributed by atoms with E-state index in [9.17, 15) is 4.79 Å². The number of benzene rings is 1. The van der Waals surface area contributed by atoms with Gasteiger partial charge >= 0.3 is 5.56 Å². The Balaban J connectivity index is 2.34. The summed E-state index contributed by atoms with van der Waals surface area (Å²) in [4.78, 5) is 17.6. The summed E-state index contributed by atoms with van der Waals surface area (Å²) >= 11 is 2.13. The van der Waals surface area contributed by atoms with Crippen LogP contribution in [0.2, 0.25) is 0 Å². The summed E-state index contributed by atoms with van der Waals surface area (Å²) in [5.74, 6) is 0.684. The van der Waals surface area contributed by atoms with Gasteiger partial charge in [-0.2, -0.15) is 0 Å². The Morgan fingerprint density at radius 2 is 2.13 bits per heavy atom. The maximum atomic E-state index is 11.3. The number of aromatic nitrogens is 2. The zero-order chi connectivity index (χ0) is 10.7. The third-order valence-corrected chi connectivity index (χ3v) is 2.61. The third-order valence-electron chi connectivity index (χ3n) is 1.72. The van der Waals surface area contributed by atoms with Crippen molar-refractivity contribution in [1.82, 2.24) is 9.97 Å². The summed E-state index contributed by atoms with van der Waals surface area (Å²) in [5, 5.41) is 0. The molecule has 0 unspecified atom stereocenters. The average Bonchev–Trinajstić information content (AvgIpc) is 2.24. The summed E-state index contributed by atoms with van der Waals surface area (Å²) in [6, 6.07) is 7.43. The predicted molar refractivity (Wildman–Crippen MR) is 64.1 cm³/mol. The van der Waals surface area contributed by atoms with Gasteiger partial charge in [-0.1, -0.05) is 12.1 Å². The molecule has 5 heteroatoms. The van der Waals surface area contributed by atoms with E-state index in [-0.39, 0.29) is 11.4 Å². The molecule has 1 heterocycles. The maximum absolute atomic E-state index is 11.3. The van der Waals surface area contributed by atoms with Crippen molar-refractivity contribution >= 4 is 22.6 Å². The lowest BCUT2D eigenvalue weighted by Crippen LogP contribution is -2.09. The molecular formula is C10H7IN2O2. The van der Waals surface area contributed by atoms with Gasteiger partial charge in [0.1, 0.15) is 5.75 Å². The highest BCUT2D eigenvalue weighted by atomic mass is 127. The highest BCUT2D eigenvalue weighted by Crippen LogP contribution is 2.22. The molecule has 4 nitrogen and oxygen atoms in total. The molecule has 0 saturated carbocycles. The minimum absolute atomic E-state index is 0.0571. The molecule has 0 spiro atoms. The third kappa shape index (κ3) is 2.35. The first kappa shape index (κ1) is 10.2. The minimum Gasteiger partial charge on any atom is -0.434 e. The molecule has 2 rings (SSSR count). The van der Waals surface area contributed by atoms with Crippen LogP contribution in [0.15, 0.2) is 41.5 Å². The van der Waals surface area contributed by atoms with E-state index >= 15 is 0 Å². The number of hydrogen-bond acceptors (Lipinski definition) is 3. The standard InChI is InChI=1S/C10H7IN2O2/c11-7-3-1-2-4-8(7)15-10-9(14)12-5-6-13-10/h1-6H,(H,12,14). The number of halogens is 1. The smallest absolute Gasteiger partial charge is 0.311 e. The Labute approximate surface area is 99.5 Å². The van der Waals surface area contributed by atoms with E-state index in [0.717, 1.165) is 3.57 Å². The molecule has 0 aliphatic heterocycles. The second-order valence-corrected chi connectivity index (χ2v) is 3.92. The predicted octanol–water partition coefficient (Wildman–Crippen LogP) is 2.17. The maximum Gasteiger partial charge on any atom is 0.311 e. The first-order chi connectivity index (χ1) is 7.27. The van der Waals surface area contributed by atoms with Crippen molar-refractivity contribution in [3.8, 4) is 11.6 Å². The van der Waals surface area contributed by atoms with Crippen LogP contribution in [0.25, 0.3) is 0 Å². The molecule has 15 heavy (non-hydrogen) atoms. The van der Waals surface area contributed by atoms with Gasteiger partial charge in [0.2, 0.25) is 0 Å². The normalized spacial score (nSPS) is 9.93. The highest BCUT2D eigenvalue weighted by molar-refractivity contribution is 14.1. The van der Waals surface area contributed by atoms with E-state index in [1.807, 2.05) is 18.2 Å². The summed E-state index contributed by atoms with van der Waals surface area (Å²) in [7, 11) is 0. The molecule has 0 fully saturated rings. The second-order valence-electron chi connectivity index (χ2n) is 2.76. The van der Waals surface area contributed by atoms with Crippen LogP contribution in [0.1, 0.15) is 0 Å². The van der Waals surface area contributed by atoms with Crippen LogP contribution in [-0.2, 0) is 0 Å². The highest BCUT2D eigenvalue weighted by Gasteiger charge is 2.05. The van der Waals surface area contributed by atoms with Gasteiger partial charge in [-0.25, -0.2) is 4.98 Å². The largest absolute Gasteiger partial charge is 0.434 e. The zero-order valence-electron chi connectivity index (χ0n) is 7.61. The van der Waals surface area contributed by atoms with Crippen LogP contribution in [0.4, 0.5) is 0 Å². The van der Waals surface area contributed by atoms with Crippen molar-refractivity contribution in [2.75, 3.05) is 0 Å². The fraction of sp³-hybridized carbons (Fsp3) is 0. The zero-order valence-corrected chi connectivity index (χ0v) is 9.76. The van der Waals surface area contributed by atoms with E-state index < -0.39 is 0 Å². The summed E-state index contributed by atoms with van der Waals surface area (Å²) in [5.41, 5.74) is -0.336. The number of nitrogens with one attached hydrogen (secondary N) is 1. The lowest BCUT2D eigenvalue weighted by atomic mass is 10.3. The Hall–Kier alpha value is -1.37. The van der Waals surface area contributed by atoms with Crippen LogP contribution in [0, 0.1) is 3.57 Å². The first-order valence-corrected chi connectivity index (χ1v) is 5.31. The Morgan fingerprint density at radius 3 is 2.87 bits per heavy atom. The van der Waals surface area contributed by atoms with Crippen LogP contribution in [-0.4, -0.2) is 9.97 Å². The fourth-order valence-electron chi connectivity index (χ4n) is 1.04. The van der Waals surface area contributed by atoms with Gasteiger partial charge in [0, 0.05) is 12.4 Å². The van der Waals surface area contributed by atoms with Crippen molar-refractivity contribution < 1.29 is 4.74 Å². The van der Waals surface area contributed by atoms with Crippen LogP contribution >= 0.6 is 22.6 Å². The summed E-state index contributed by atoms with van der Waals surface area (Å²) < 4.78 is 6.31. The molecule has 0 radical (unpaired) electrons. The monoisotopic (exact) mass is 314 g/mol. The number of H-pyrrole nitrogens is 1. The number of aromatic amines is 1. The summed E-state index contributed by atoms with van der Waals surface area (Å²) in [6.07, 6.45) is 2.94. The molecule has 0 amide bonds. The lowest BCUT2D eigenvalue weighted by molar-refractivity contribution is 0.451. The number of nitrogens with zero attached hydrogens (tertiary/aromatic N) is 1. The van der Waals surface area contributed by atoms with Crippen molar-refractivity contribution in [3.63, 3.8) is 0 Å². The molecule has 0 saturated heterocycles. The van der Waals surface area contributed by atoms with Crippen molar-refractivity contribution in [3.05, 3.63) is 50.6 Å². The van der Waals surface area contributed by atoms with E-state index in [0.29, 0.717) is 5.75 Å². The molecule has 0 aliphatic rings. The number of para-hydroxylation sites is 1.